The van der Waals surface area contributed by atoms with Crippen LogP contribution < -0.4 is 20.1 Å². The van der Waals surface area contributed by atoms with Gasteiger partial charge in [-0.3, -0.25) is 4.79 Å². The molecule has 0 atom stereocenters. The second kappa shape index (κ2) is 8.90. The molecule has 25 heavy (non-hydrogen) atoms. The van der Waals surface area contributed by atoms with Crippen molar-refractivity contribution in [3.63, 3.8) is 0 Å². The quantitative estimate of drug-likeness (QED) is 0.706. The van der Waals surface area contributed by atoms with Crippen molar-refractivity contribution in [3.05, 3.63) is 22.2 Å². The van der Waals surface area contributed by atoms with E-state index < -0.39 is 0 Å². The van der Waals surface area contributed by atoms with E-state index in [0.717, 1.165) is 10.0 Å². The first-order valence-electron chi connectivity index (χ1n) is 8.55. The third-order valence-electron chi connectivity index (χ3n) is 3.09. The molecule has 6 heteroatoms. The number of rotatable bonds is 7. The van der Waals surface area contributed by atoms with Crippen LogP contribution in [-0.4, -0.2) is 30.2 Å². The van der Waals surface area contributed by atoms with Crippen molar-refractivity contribution in [1.82, 2.24) is 10.6 Å². The van der Waals surface area contributed by atoms with Crippen molar-refractivity contribution < 1.29 is 14.3 Å². The maximum absolute atomic E-state index is 12.0. The molecule has 0 aliphatic carbocycles. The van der Waals surface area contributed by atoms with Gasteiger partial charge in [-0.15, -0.1) is 0 Å². The van der Waals surface area contributed by atoms with Gasteiger partial charge in [0.2, 0.25) is 0 Å². The lowest BCUT2D eigenvalue weighted by Gasteiger charge is -2.22. The topological polar surface area (TPSA) is 59.6 Å². The molecular weight excluding hydrogens is 384 g/mol. The number of halogens is 1. The van der Waals surface area contributed by atoms with Crippen molar-refractivity contribution >= 4 is 21.8 Å². The Hall–Kier alpha value is -1.27. The monoisotopic (exact) mass is 414 g/mol. The Balaban J connectivity index is 2.88. The summed E-state index contributed by atoms with van der Waals surface area (Å²) in [6.45, 7) is 15.3. The smallest absolute Gasteiger partial charge is 0.258 e. The zero-order valence-corrected chi connectivity index (χ0v) is 18.0. The Bertz CT molecular complexity index is 590. The van der Waals surface area contributed by atoms with Gasteiger partial charge in [0.25, 0.3) is 5.91 Å². The number of ether oxygens (including phenoxy) is 2. The number of carbonyl (C=O) groups is 1. The second-order valence-electron chi connectivity index (χ2n) is 8.01. The zero-order valence-electron chi connectivity index (χ0n) is 16.4. The average molecular weight is 415 g/mol. The molecular formula is C19H31BrN2O3. The highest BCUT2D eigenvalue weighted by molar-refractivity contribution is 9.10. The summed E-state index contributed by atoms with van der Waals surface area (Å²) in [6.07, 6.45) is 0. The summed E-state index contributed by atoms with van der Waals surface area (Å²) < 4.78 is 12.3. The zero-order chi connectivity index (χ0) is 19.3. The number of nitrogens with one attached hydrogen (secondary N) is 2. The van der Waals surface area contributed by atoms with Crippen LogP contribution in [-0.2, 0) is 11.3 Å². The fourth-order valence-corrected chi connectivity index (χ4v) is 2.51. The highest BCUT2D eigenvalue weighted by atomic mass is 79.9. The predicted molar refractivity (Wildman–Crippen MR) is 105 cm³/mol. The molecule has 0 fully saturated rings. The van der Waals surface area contributed by atoms with E-state index in [1.54, 1.807) is 0 Å². The van der Waals surface area contributed by atoms with Gasteiger partial charge < -0.3 is 20.1 Å². The summed E-state index contributed by atoms with van der Waals surface area (Å²) in [6, 6.07) is 3.80. The average Bonchev–Trinajstić information content (AvgIpc) is 2.43. The van der Waals surface area contributed by atoms with Crippen LogP contribution in [0.15, 0.2) is 16.6 Å². The molecule has 0 aliphatic rings. The normalized spacial score (nSPS) is 12.0. The standard InChI is InChI=1S/C19H31BrN2O3/c1-8-24-15-9-13(11-21-18(2,3)4)14(20)10-16(15)25-12-17(23)22-19(5,6)7/h9-10,21H,8,11-12H2,1-7H3,(H,22,23). The number of hydrogen-bond donors (Lipinski definition) is 2. The number of carbonyl (C=O) groups excluding carboxylic acids is 1. The van der Waals surface area contributed by atoms with Crippen LogP contribution in [0.3, 0.4) is 0 Å². The van der Waals surface area contributed by atoms with Crippen LogP contribution >= 0.6 is 15.9 Å². The SMILES string of the molecule is CCOc1cc(CNC(C)(C)C)c(Br)cc1OCC(=O)NC(C)(C)C. The molecule has 0 aromatic heterocycles. The largest absolute Gasteiger partial charge is 0.490 e. The van der Waals surface area contributed by atoms with Gasteiger partial charge in [0, 0.05) is 22.1 Å². The van der Waals surface area contributed by atoms with Crippen molar-refractivity contribution in [2.75, 3.05) is 13.2 Å². The van der Waals surface area contributed by atoms with Gasteiger partial charge >= 0.3 is 0 Å². The van der Waals surface area contributed by atoms with Crippen molar-refractivity contribution in [3.8, 4) is 11.5 Å². The molecule has 0 aliphatic heterocycles. The van der Waals surface area contributed by atoms with E-state index in [1.807, 2.05) is 39.8 Å². The van der Waals surface area contributed by atoms with Crippen LogP contribution in [0.2, 0.25) is 0 Å². The first-order valence-corrected chi connectivity index (χ1v) is 9.34. The Kier molecular flexibility index (Phi) is 7.75. The molecule has 0 heterocycles. The van der Waals surface area contributed by atoms with Crippen LogP contribution in [0.25, 0.3) is 0 Å². The van der Waals surface area contributed by atoms with Crippen LogP contribution in [0, 0.1) is 0 Å². The van der Waals surface area contributed by atoms with Crippen LogP contribution in [0.5, 0.6) is 11.5 Å². The van der Waals surface area contributed by atoms with Crippen molar-refractivity contribution in [2.24, 2.45) is 0 Å². The molecule has 1 aromatic carbocycles. The summed E-state index contributed by atoms with van der Waals surface area (Å²) >= 11 is 3.58. The lowest BCUT2D eigenvalue weighted by atomic mass is 10.1. The highest BCUT2D eigenvalue weighted by Gasteiger charge is 2.17. The van der Waals surface area contributed by atoms with Gasteiger partial charge in [-0.25, -0.2) is 0 Å². The highest BCUT2D eigenvalue weighted by Crippen LogP contribution is 2.34. The molecule has 142 valence electrons. The Morgan fingerprint density at radius 2 is 1.64 bits per heavy atom. The fourth-order valence-electron chi connectivity index (χ4n) is 2.05. The first kappa shape index (κ1) is 21.8. The molecule has 0 bridgehead atoms. The van der Waals surface area contributed by atoms with Gasteiger partial charge in [-0.05, 0) is 66.2 Å². The third-order valence-corrected chi connectivity index (χ3v) is 3.83. The van der Waals surface area contributed by atoms with Gasteiger partial charge in [-0.1, -0.05) is 15.9 Å². The van der Waals surface area contributed by atoms with Gasteiger partial charge in [0.1, 0.15) is 0 Å². The molecule has 0 radical (unpaired) electrons. The predicted octanol–water partition coefficient (Wildman–Crippen LogP) is 4.03. The third kappa shape index (κ3) is 8.59. The lowest BCUT2D eigenvalue weighted by molar-refractivity contribution is -0.124. The maximum Gasteiger partial charge on any atom is 0.258 e. The summed E-state index contributed by atoms with van der Waals surface area (Å²) in [5, 5.41) is 6.33. The summed E-state index contributed by atoms with van der Waals surface area (Å²) in [5.74, 6) is 1.03. The van der Waals surface area contributed by atoms with Gasteiger partial charge in [-0.2, -0.15) is 0 Å². The lowest BCUT2D eigenvalue weighted by Crippen LogP contribution is -2.43. The van der Waals surface area contributed by atoms with Gasteiger partial charge in [0.05, 0.1) is 6.61 Å². The summed E-state index contributed by atoms with van der Waals surface area (Å²) in [7, 11) is 0. The van der Waals surface area contributed by atoms with E-state index in [9.17, 15) is 4.79 Å². The molecule has 0 saturated carbocycles. The Labute approximate surface area is 160 Å². The first-order chi connectivity index (χ1) is 11.4. The minimum atomic E-state index is -0.285. The summed E-state index contributed by atoms with van der Waals surface area (Å²) in [5.41, 5.74) is 0.808. The van der Waals surface area contributed by atoms with E-state index in [2.05, 4.69) is 47.3 Å². The van der Waals surface area contributed by atoms with E-state index in [0.29, 0.717) is 24.7 Å². The van der Waals surface area contributed by atoms with E-state index in [4.69, 9.17) is 9.47 Å². The fraction of sp³-hybridized carbons (Fsp3) is 0.632. The molecule has 1 aromatic rings. The molecule has 0 saturated heterocycles. The minimum absolute atomic E-state index is 0.0193. The van der Waals surface area contributed by atoms with Crippen molar-refractivity contribution in [2.45, 2.75) is 66.1 Å². The number of benzene rings is 1. The van der Waals surface area contributed by atoms with Gasteiger partial charge in [0.15, 0.2) is 18.1 Å². The molecule has 0 unspecified atom stereocenters. The minimum Gasteiger partial charge on any atom is -0.490 e. The molecule has 1 rings (SSSR count). The molecule has 2 N–H and O–H groups in total. The van der Waals surface area contributed by atoms with Crippen molar-refractivity contribution in [1.29, 1.82) is 0 Å². The molecule has 1 amide bonds. The number of hydrogen-bond acceptors (Lipinski definition) is 4. The number of amides is 1. The van der Waals surface area contributed by atoms with E-state index >= 15 is 0 Å². The molecule has 5 nitrogen and oxygen atoms in total. The Morgan fingerprint density at radius 3 is 2.16 bits per heavy atom. The second-order valence-corrected chi connectivity index (χ2v) is 8.87. The van der Waals surface area contributed by atoms with Crippen LogP contribution in [0.1, 0.15) is 54.0 Å². The maximum atomic E-state index is 12.0. The molecule has 0 spiro atoms. The van der Waals surface area contributed by atoms with Crippen LogP contribution in [0.4, 0.5) is 0 Å². The van der Waals surface area contributed by atoms with E-state index in [-0.39, 0.29) is 23.6 Å². The summed E-state index contributed by atoms with van der Waals surface area (Å²) in [4.78, 5) is 12.0. The van der Waals surface area contributed by atoms with E-state index in [1.165, 1.54) is 0 Å². The Morgan fingerprint density at radius 1 is 1.04 bits per heavy atom.